The smallest absolute Gasteiger partial charge is 0.145 e. The van der Waals surface area contributed by atoms with E-state index < -0.39 is 0 Å². The van der Waals surface area contributed by atoms with Crippen LogP contribution >= 0.6 is 0 Å². The van der Waals surface area contributed by atoms with E-state index in [0.717, 1.165) is 23.2 Å². The van der Waals surface area contributed by atoms with E-state index >= 15 is 0 Å². The molecule has 1 aliphatic rings. The molecule has 3 rings (SSSR count). The summed E-state index contributed by atoms with van der Waals surface area (Å²) in [6.07, 6.45) is 5.18. The Morgan fingerprint density at radius 1 is 1.24 bits per heavy atom. The zero-order chi connectivity index (χ0) is 14.7. The summed E-state index contributed by atoms with van der Waals surface area (Å²) in [4.78, 5) is 4.95. The number of hydrogen-bond acceptors (Lipinski definition) is 3. The molecule has 2 aromatic rings. The third kappa shape index (κ3) is 2.82. The largest absolute Gasteiger partial charge is 0.492 e. The van der Waals surface area contributed by atoms with Crippen LogP contribution in [-0.4, -0.2) is 18.1 Å². The maximum Gasteiger partial charge on any atom is 0.145 e. The predicted octanol–water partition coefficient (Wildman–Crippen LogP) is 4.72. The Morgan fingerprint density at radius 3 is 2.76 bits per heavy atom. The maximum atomic E-state index is 5.78. The molecule has 1 saturated carbocycles. The van der Waals surface area contributed by atoms with E-state index in [4.69, 9.17) is 9.72 Å². The molecule has 112 valence electrons. The summed E-state index contributed by atoms with van der Waals surface area (Å²) >= 11 is 0. The first-order valence-corrected chi connectivity index (χ1v) is 8.13. The highest BCUT2D eigenvalue weighted by Crippen LogP contribution is 2.37. The summed E-state index contributed by atoms with van der Waals surface area (Å²) in [7, 11) is 0. The molecular weight excluding hydrogens is 260 g/mol. The second kappa shape index (κ2) is 6.33. The van der Waals surface area contributed by atoms with Gasteiger partial charge < -0.3 is 10.1 Å². The van der Waals surface area contributed by atoms with Gasteiger partial charge in [0.1, 0.15) is 11.3 Å². The Kier molecular flexibility index (Phi) is 4.28. The number of para-hydroxylation sites is 1. The first kappa shape index (κ1) is 14.2. The Hall–Kier alpha value is -1.77. The van der Waals surface area contributed by atoms with Crippen LogP contribution in [0.4, 0.5) is 5.69 Å². The van der Waals surface area contributed by atoms with Gasteiger partial charge in [-0.2, -0.15) is 0 Å². The van der Waals surface area contributed by atoms with Crippen LogP contribution in [0.25, 0.3) is 10.9 Å². The molecule has 1 fully saturated rings. The number of nitrogens with zero attached hydrogens (tertiary/aromatic N) is 1. The van der Waals surface area contributed by atoms with Crippen molar-refractivity contribution >= 4 is 16.6 Å². The zero-order valence-corrected chi connectivity index (χ0v) is 13.0. The van der Waals surface area contributed by atoms with Gasteiger partial charge in [0.2, 0.25) is 0 Å². The fourth-order valence-corrected chi connectivity index (χ4v) is 3.28. The van der Waals surface area contributed by atoms with Gasteiger partial charge in [-0.15, -0.1) is 0 Å². The van der Waals surface area contributed by atoms with Gasteiger partial charge in [-0.25, -0.2) is 4.98 Å². The van der Waals surface area contributed by atoms with Crippen LogP contribution in [0.3, 0.4) is 0 Å². The van der Waals surface area contributed by atoms with E-state index in [9.17, 15) is 0 Å². The van der Waals surface area contributed by atoms with Crippen molar-refractivity contribution in [2.75, 3.05) is 18.5 Å². The van der Waals surface area contributed by atoms with Gasteiger partial charge in [0.15, 0.2) is 0 Å². The summed E-state index contributed by atoms with van der Waals surface area (Å²) in [5.74, 6) is 1.51. The monoisotopic (exact) mass is 284 g/mol. The van der Waals surface area contributed by atoms with E-state index in [0.29, 0.717) is 12.5 Å². The molecular formula is C18H24N2O. The lowest BCUT2D eigenvalue weighted by atomic mass is 10.0. The van der Waals surface area contributed by atoms with Crippen LogP contribution in [0.5, 0.6) is 5.75 Å². The number of benzene rings is 1. The van der Waals surface area contributed by atoms with Gasteiger partial charge in [-0.1, -0.05) is 25.0 Å². The molecule has 21 heavy (non-hydrogen) atoms. The molecule has 1 N–H and O–H groups in total. The fourth-order valence-electron chi connectivity index (χ4n) is 3.28. The van der Waals surface area contributed by atoms with Crippen LogP contribution in [0.15, 0.2) is 24.3 Å². The van der Waals surface area contributed by atoms with Crippen LogP contribution < -0.4 is 10.1 Å². The lowest BCUT2D eigenvalue weighted by molar-refractivity contribution is 0.343. The predicted molar refractivity (Wildman–Crippen MR) is 88.3 cm³/mol. The van der Waals surface area contributed by atoms with Gasteiger partial charge in [0, 0.05) is 29.2 Å². The highest BCUT2D eigenvalue weighted by atomic mass is 16.5. The summed E-state index contributed by atoms with van der Waals surface area (Å²) in [5.41, 5.74) is 3.41. The zero-order valence-electron chi connectivity index (χ0n) is 13.0. The summed E-state index contributed by atoms with van der Waals surface area (Å²) < 4.78 is 5.78. The molecule has 0 spiro atoms. The molecule has 0 radical (unpaired) electrons. The van der Waals surface area contributed by atoms with Crippen molar-refractivity contribution in [2.45, 2.75) is 45.4 Å². The van der Waals surface area contributed by atoms with Crippen molar-refractivity contribution in [1.29, 1.82) is 0 Å². The van der Waals surface area contributed by atoms with Crippen LogP contribution in [0.1, 0.15) is 51.1 Å². The normalized spacial score (nSPS) is 15.5. The van der Waals surface area contributed by atoms with Gasteiger partial charge >= 0.3 is 0 Å². The van der Waals surface area contributed by atoms with E-state index in [1.54, 1.807) is 0 Å². The summed E-state index contributed by atoms with van der Waals surface area (Å²) in [6, 6.07) is 8.44. The molecule has 0 bridgehead atoms. The lowest BCUT2D eigenvalue weighted by Gasteiger charge is -2.16. The SMILES string of the molecule is CCNc1cc(C2CCCC2)nc2c(OCC)cccc12. The van der Waals surface area contributed by atoms with E-state index in [1.165, 1.54) is 37.1 Å². The van der Waals surface area contributed by atoms with Crippen molar-refractivity contribution in [3.05, 3.63) is 30.0 Å². The Balaban J connectivity index is 2.14. The molecule has 3 heteroatoms. The van der Waals surface area contributed by atoms with Crippen molar-refractivity contribution < 1.29 is 4.74 Å². The summed E-state index contributed by atoms with van der Waals surface area (Å²) in [5, 5.41) is 4.65. The minimum absolute atomic E-state index is 0.612. The van der Waals surface area contributed by atoms with E-state index in [-0.39, 0.29) is 0 Å². The molecule has 0 unspecified atom stereocenters. The molecule has 0 saturated heterocycles. The second-order valence-electron chi connectivity index (χ2n) is 5.69. The first-order chi connectivity index (χ1) is 10.3. The topological polar surface area (TPSA) is 34.2 Å². The average Bonchev–Trinajstić information content (AvgIpc) is 3.02. The minimum Gasteiger partial charge on any atom is -0.492 e. The van der Waals surface area contributed by atoms with Gasteiger partial charge in [0.05, 0.1) is 6.61 Å². The quantitative estimate of drug-likeness (QED) is 0.862. The number of nitrogens with one attached hydrogen (secondary N) is 1. The molecule has 0 atom stereocenters. The maximum absolute atomic E-state index is 5.78. The summed E-state index contributed by atoms with van der Waals surface area (Å²) in [6.45, 7) is 5.74. The number of hydrogen-bond donors (Lipinski definition) is 1. The molecule has 0 amide bonds. The number of pyridine rings is 1. The number of anilines is 1. The highest BCUT2D eigenvalue weighted by Gasteiger charge is 2.20. The van der Waals surface area contributed by atoms with Crippen molar-refractivity contribution in [3.8, 4) is 5.75 Å². The van der Waals surface area contributed by atoms with E-state index in [1.807, 2.05) is 19.1 Å². The molecule has 3 nitrogen and oxygen atoms in total. The molecule has 1 aromatic carbocycles. The Morgan fingerprint density at radius 2 is 2.05 bits per heavy atom. The minimum atomic E-state index is 0.612. The van der Waals surface area contributed by atoms with Gasteiger partial charge in [-0.3, -0.25) is 0 Å². The fraction of sp³-hybridized carbons (Fsp3) is 0.500. The number of rotatable bonds is 5. The molecule has 0 aliphatic heterocycles. The third-order valence-corrected chi connectivity index (χ3v) is 4.26. The van der Waals surface area contributed by atoms with Crippen molar-refractivity contribution in [3.63, 3.8) is 0 Å². The number of aromatic nitrogens is 1. The second-order valence-corrected chi connectivity index (χ2v) is 5.69. The molecule has 1 aromatic heterocycles. The van der Waals surface area contributed by atoms with Crippen molar-refractivity contribution in [1.82, 2.24) is 4.98 Å². The Bertz CT molecular complexity index is 618. The highest BCUT2D eigenvalue weighted by molar-refractivity contribution is 5.95. The number of fused-ring (bicyclic) bond motifs is 1. The first-order valence-electron chi connectivity index (χ1n) is 8.13. The van der Waals surface area contributed by atoms with Gasteiger partial charge in [0.25, 0.3) is 0 Å². The van der Waals surface area contributed by atoms with Crippen LogP contribution in [-0.2, 0) is 0 Å². The average molecular weight is 284 g/mol. The van der Waals surface area contributed by atoms with Crippen LogP contribution in [0.2, 0.25) is 0 Å². The standard InChI is InChI=1S/C18H24N2O/c1-3-19-16-12-15(13-8-5-6-9-13)20-18-14(16)10-7-11-17(18)21-4-2/h7,10-13H,3-6,8-9H2,1-2H3,(H,19,20). The molecule has 1 heterocycles. The van der Waals surface area contributed by atoms with Gasteiger partial charge in [-0.05, 0) is 38.8 Å². The Labute approximate surface area is 126 Å². The molecule has 1 aliphatic carbocycles. The number of ether oxygens (including phenoxy) is 1. The van der Waals surface area contributed by atoms with Crippen LogP contribution in [0, 0.1) is 0 Å². The van der Waals surface area contributed by atoms with E-state index in [2.05, 4.69) is 24.4 Å². The lowest BCUT2D eigenvalue weighted by Crippen LogP contribution is -2.04. The van der Waals surface area contributed by atoms with Crippen molar-refractivity contribution in [2.24, 2.45) is 0 Å². The third-order valence-electron chi connectivity index (χ3n) is 4.26.